The summed E-state index contributed by atoms with van der Waals surface area (Å²) in [6.07, 6.45) is -1.21. The summed E-state index contributed by atoms with van der Waals surface area (Å²) in [4.78, 5) is 37.2. The van der Waals surface area contributed by atoms with Gasteiger partial charge in [-0.2, -0.15) is 0 Å². The average Bonchev–Trinajstić information content (AvgIpc) is 2.67. The first kappa shape index (κ1) is 19.5. The summed E-state index contributed by atoms with van der Waals surface area (Å²) < 4.78 is 5.43. The van der Waals surface area contributed by atoms with Crippen LogP contribution in [0.1, 0.15) is 18.6 Å². The number of benzene rings is 2. The summed E-state index contributed by atoms with van der Waals surface area (Å²) in [7, 11) is 1.39. The van der Waals surface area contributed by atoms with Crippen LogP contribution in [0.15, 0.2) is 65.6 Å². The molecule has 2 N–H and O–H groups in total. The van der Waals surface area contributed by atoms with E-state index >= 15 is 0 Å². The number of thioether (sulfide) groups is 1. The molecular weight excluding hydrogens is 352 g/mol. The Kier molecular flexibility index (Phi) is 7.23. The van der Waals surface area contributed by atoms with E-state index < -0.39 is 29.3 Å². The van der Waals surface area contributed by atoms with Gasteiger partial charge in [0.1, 0.15) is 5.25 Å². The number of rotatable bonds is 6. The summed E-state index contributed by atoms with van der Waals surface area (Å²) in [5, 5.41) is 3.93. The number of ether oxygens (including phenoxy) is 1. The highest BCUT2D eigenvalue weighted by Gasteiger charge is 2.28. The molecule has 0 unspecified atom stereocenters. The summed E-state index contributed by atoms with van der Waals surface area (Å²) >= 11 is 1.33. The first-order chi connectivity index (χ1) is 12.5. The van der Waals surface area contributed by atoms with Crippen LogP contribution < -0.4 is 10.6 Å². The average molecular weight is 372 g/mol. The Balaban J connectivity index is 2.11. The van der Waals surface area contributed by atoms with Crippen LogP contribution in [0.3, 0.4) is 0 Å². The van der Waals surface area contributed by atoms with Crippen molar-refractivity contribution in [2.24, 2.45) is 0 Å². The van der Waals surface area contributed by atoms with E-state index in [1.54, 1.807) is 37.3 Å². The van der Waals surface area contributed by atoms with Crippen molar-refractivity contribution >= 4 is 29.7 Å². The number of carbonyl (C=O) groups is 3. The van der Waals surface area contributed by atoms with Crippen molar-refractivity contribution in [1.29, 1.82) is 0 Å². The Bertz CT molecular complexity index is 753. The first-order valence-electron chi connectivity index (χ1n) is 8.01. The van der Waals surface area contributed by atoms with Crippen LogP contribution in [0, 0.1) is 0 Å². The maximum Gasteiger partial charge on any atom is 0.321 e. The lowest BCUT2D eigenvalue weighted by molar-refractivity contribution is -0.155. The van der Waals surface area contributed by atoms with Crippen molar-refractivity contribution < 1.29 is 19.1 Å². The standard InChI is InChI=1S/C19H20N2O4S/c1-13(26-15-11-7-4-8-12-15)18(23)25-16(14-9-5-3-6-10-14)17(22)21-19(24)20-2/h3-13,16H,1-2H3,(H2,20,21,22,24)/t13-,16-/m0/s1. The van der Waals surface area contributed by atoms with Gasteiger partial charge in [-0.1, -0.05) is 48.5 Å². The molecule has 0 saturated carbocycles. The second kappa shape index (κ2) is 9.62. The van der Waals surface area contributed by atoms with Gasteiger partial charge in [-0.25, -0.2) is 4.79 Å². The van der Waals surface area contributed by atoms with E-state index in [1.165, 1.54) is 18.8 Å². The molecule has 7 heteroatoms. The lowest BCUT2D eigenvalue weighted by Gasteiger charge is -2.19. The highest BCUT2D eigenvalue weighted by Crippen LogP contribution is 2.26. The number of hydrogen-bond donors (Lipinski definition) is 2. The van der Waals surface area contributed by atoms with Crippen LogP contribution in [-0.4, -0.2) is 30.2 Å². The van der Waals surface area contributed by atoms with Gasteiger partial charge in [0.15, 0.2) is 0 Å². The monoisotopic (exact) mass is 372 g/mol. The fraction of sp³-hybridized carbons (Fsp3) is 0.211. The van der Waals surface area contributed by atoms with E-state index in [2.05, 4.69) is 10.6 Å². The molecule has 3 amide bonds. The first-order valence-corrected chi connectivity index (χ1v) is 8.89. The van der Waals surface area contributed by atoms with Crippen molar-refractivity contribution in [1.82, 2.24) is 10.6 Å². The van der Waals surface area contributed by atoms with Gasteiger partial charge in [-0.3, -0.25) is 14.9 Å². The summed E-state index contributed by atoms with van der Waals surface area (Å²) in [6, 6.07) is 17.3. The maximum absolute atomic E-state index is 12.5. The zero-order valence-corrected chi connectivity index (χ0v) is 15.3. The molecule has 2 rings (SSSR count). The van der Waals surface area contributed by atoms with Gasteiger partial charge in [0.2, 0.25) is 6.10 Å². The molecule has 2 aromatic rings. The molecule has 0 heterocycles. The number of amides is 3. The minimum Gasteiger partial charge on any atom is -0.446 e. The largest absolute Gasteiger partial charge is 0.446 e. The molecule has 0 aliphatic heterocycles. The zero-order chi connectivity index (χ0) is 18.9. The number of esters is 1. The predicted octanol–water partition coefficient (Wildman–Crippen LogP) is 2.91. The molecule has 0 fully saturated rings. The van der Waals surface area contributed by atoms with Crippen molar-refractivity contribution in [2.45, 2.75) is 23.2 Å². The maximum atomic E-state index is 12.5. The van der Waals surface area contributed by atoms with Crippen LogP contribution >= 0.6 is 11.8 Å². The van der Waals surface area contributed by atoms with Gasteiger partial charge in [0, 0.05) is 17.5 Å². The van der Waals surface area contributed by atoms with Crippen LogP contribution in [0.5, 0.6) is 0 Å². The quantitative estimate of drug-likeness (QED) is 0.602. The van der Waals surface area contributed by atoms with Crippen molar-refractivity contribution in [2.75, 3.05) is 7.05 Å². The number of hydrogen-bond acceptors (Lipinski definition) is 5. The van der Waals surface area contributed by atoms with Crippen molar-refractivity contribution in [3.05, 3.63) is 66.2 Å². The molecule has 0 saturated heterocycles. The third-order valence-corrected chi connectivity index (χ3v) is 4.52. The highest BCUT2D eigenvalue weighted by molar-refractivity contribution is 8.00. The van der Waals surface area contributed by atoms with Crippen molar-refractivity contribution in [3.8, 4) is 0 Å². The van der Waals surface area contributed by atoms with Gasteiger partial charge in [-0.15, -0.1) is 11.8 Å². The molecule has 0 radical (unpaired) electrons. The molecule has 26 heavy (non-hydrogen) atoms. The predicted molar refractivity (Wildman–Crippen MR) is 99.6 cm³/mol. The molecule has 0 aliphatic carbocycles. The Morgan fingerprint density at radius 3 is 2.12 bits per heavy atom. The molecule has 2 aromatic carbocycles. The summed E-state index contributed by atoms with van der Waals surface area (Å²) in [5.74, 6) is -1.25. The van der Waals surface area contributed by atoms with Crippen LogP contribution in [0.4, 0.5) is 4.79 Å². The van der Waals surface area contributed by atoms with Gasteiger partial charge in [0.05, 0.1) is 0 Å². The number of carbonyl (C=O) groups excluding carboxylic acids is 3. The van der Waals surface area contributed by atoms with E-state index in [1.807, 2.05) is 30.3 Å². The minimum absolute atomic E-state index is 0.485. The lowest BCUT2D eigenvalue weighted by atomic mass is 10.1. The summed E-state index contributed by atoms with van der Waals surface area (Å²) in [6.45, 7) is 1.71. The fourth-order valence-electron chi connectivity index (χ4n) is 2.10. The van der Waals surface area contributed by atoms with Gasteiger partial charge in [0.25, 0.3) is 5.91 Å². The molecule has 0 spiro atoms. The Morgan fingerprint density at radius 1 is 0.962 bits per heavy atom. The van der Waals surface area contributed by atoms with E-state index in [0.717, 1.165) is 4.90 Å². The molecule has 0 bridgehead atoms. The third-order valence-electron chi connectivity index (χ3n) is 3.43. The SMILES string of the molecule is CNC(=O)NC(=O)[C@@H](OC(=O)[C@H](C)Sc1ccccc1)c1ccccc1. The highest BCUT2D eigenvalue weighted by atomic mass is 32.2. The zero-order valence-electron chi connectivity index (χ0n) is 14.5. The minimum atomic E-state index is -1.21. The smallest absolute Gasteiger partial charge is 0.321 e. The number of imide groups is 1. The van der Waals surface area contributed by atoms with E-state index in [0.29, 0.717) is 5.56 Å². The van der Waals surface area contributed by atoms with Crippen LogP contribution in [-0.2, 0) is 14.3 Å². The third kappa shape index (κ3) is 5.63. The van der Waals surface area contributed by atoms with Gasteiger partial charge < -0.3 is 10.1 Å². The number of nitrogens with one attached hydrogen (secondary N) is 2. The van der Waals surface area contributed by atoms with Crippen LogP contribution in [0.25, 0.3) is 0 Å². The fourth-order valence-corrected chi connectivity index (χ4v) is 2.98. The lowest BCUT2D eigenvalue weighted by Crippen LogP contribution is -2.41. The Labute approximate surface area is 156 Å². The van der Waals surface area contributed by atoms with E-state index in [4.69, 9.17) is 4.74 Å². The molecule has 136 valence electrons. The molecule has 0 aliphatic rings. The van der Waals surface area contributed by atoms with Crippen LogP contribution in [0.2, 0.25) is 0 Å². The molecule has 2 atom stereocenters. The molecule has 6 nitrogen and oxygen atoms in total. The normalized spacial score (nSPS) is 12.5. The molecule has 0 aromatic heterocycles. The Hall–Kier alpha value is -2.80. The molecular formula is C19H20N2O4S. The Morgan fingerprint density at radius 2 is 1.54 bits per heavy atom. The number of urea groups is 1. The van der Waals surface area contributed by atoms with E-state index in [-0.39, 0.29) is 0 Å². The van der Waals surface area contributed by atoms with Gasteiger partial charge in [-0.05, 0) is 19.1 Å². The second-order valence-electron chi connectivity index (χ2n) is 5.37. The second-order valence-corrected chi connectivity index (χ2v) is 6.78. The summed E-state index contributed by atoms with van der Waals surface area (Å²) in [5.41, 5.74) is 0.485. The van der Waals surface area contributed by atoms with Gasteiger partial charge >= 0.3 is 12.0 Å². The van der Waals surface area contributed by atoms with E-state index in [9.17, 15) is 14.4 Å². The van der Waals surface area contributed by atoms with Crippen molar-refractivity contribution in [3.63, 3.8) is 0 Å². The topological polar surface area (TPSA) is 84.5 Å².